The number of anilines is 1. The SMILES string of the molecule is O=C1[C@H]2[C@H](Cc3ccc(O)c(O)c3)N[C@]3(C(=O)Nc4ccccc43)[C@@H]2C(=O)N1C[C@@H]1CCCO1. The highest BCUT2D eigenvalue weighted by atomic mass is 16.5. The first-order valence-corrected chi connectivity index (χ1v) is 11.6. The lowest BCUT2D eigenvalue weighted by atomic mass is 9.76. The number of aromatic hydroxyl groups is 2. The zero-order chi connectivity index (χ0) is 23.6. The largest absolute Gasteiger partial charge is 0.504 e. The van der Waals surface area contributed by atoms with Crippen molar-refractivity contribution in [2.45, 2.75) is 36.9 Å². The summed E-state index contributed by atoms with van der Waals surface area (Å²) in [4.78, 5) is 42.1. The Morgan fingerprint density at radius 1 is 1.06 bits per heavy atom. The summed E-state index contributed by atoms with van der Waals surface area (Å²) in [7, 11) is 0. The highest BCUT2D eigenvalue weighted by Crippen LogP contribution is 2.53. The number of carbonyl (C=O) groups excluding carboxylic acids is 3. The molecule has 1 spiro atoms. The first-order valence-electron chi connectivity index (χ1n) is 11.6. The van der Waals surface area contributed by atoms with Gasteiger partial charge in [0.2, 0.25) is 17.7 Å². The Labute approximate surface area is 195 Å². The molecule has 4 N–H and O–H groups in total. The molecule has 176 valence electrons. The van der Waals surface area contributed by atoms with Gasteiger partial charge in [-0.25, -0.2) is 0 Å². The van der Waals surface area contributed by atoms with Crippen molar-refractivity contribution >= 4 is 23.4 Å². The summed E-state index contributed by atoms with van der Waals surface area (Å²) in [6.45, 7) is 0.804. The summed E-state index contributed by atoms with van der Waals surface area (Å²) in [5.41, 5.74) is 0.599. The Balaban J connectivity index is 1.42. The fourth-order valence-corrected chi connectivity index (χ4v) is 6.11. The molecule has 9 nitrogen and oxygen atoms in total. The molecule has 0 saturated carbocycles. The third-order valence-corrected chi connectivity index (χ3v) is 7.62. The van der Waals surface area contributed by atoms with Crippen LogP contribution in [-0.4, -0.2) is 58.1 Å². The molecule has 0 aromatic heterocycles. The first kappa shape index (κ1) is 21.1. The molecule has 4 heterocycles. The van der Waals surface area contributed by atoms with Crippen LogP contribution in [0.25, 0.3) is 0 Å². The number of carbonyl (C=O) groups is 3. The van der Waals surface area contributed by atoms with Crippen LogP contribution in [0.5, 0.6) is 11.5 Å². The van der Waals surface area contributed by atoms with Crippen LogP contribution in [0.2, 0.25) is 0 Å². The van der Waals surface area contributed by atoms with Gasteiger partial charge in [0.15, 0.2) is 11.5 Å². The van der Waals surface area contributed by atoms with E-state index in [9.17, 15) is 24.6 Å². The number of nitrogens with one attached hydrogen (secondary N) is 2. The van der Waals surface area contributed by atoms with Crippen molar-refractivity contribution in [3.63, 3.8) is 0 Å². The molecule has 9 heteroatoms. The third-order valence-electron chi connectivity index (χ3n) is 7.62. The van der Waals surface area contributed by atoms with Crippen LogP contribution in [0.4, 0.5) is 5.69 Å². The van der Waals surface area contributed by atoms with E-state index in [4.69, 9.17) is 4.74 Å². The fourth-order valence-electron chi connectivity index (χ4n) is 6.11. The molecule has 3 amide bonds. The lowest BCUT2D eigenvalue weighted by Crippen LogP contribution is -2.54. The second-order valence-corrected chi connectivity index (χ2v) is 9.51. The summed E-state index contributed by atoms with van der Waals surface area (Å²) in [5.74, 6) is -3.15. The molecule has 5 atom stereocenters. The Kier molecular flexibility index (Phi) is 4.69. The standard InChI is InChI=1S/C25H25N3O6/c29-18-8-7-13(11-19(18)30)10-17-20-21(23(32)28(22(20)31)12-14-4-3-9-34-14)25(27-17)15-5-1-2-6-16(15)26-24(25)33/h1-2,5-8,11,14,17,20-21,27,29-30H,3-4,9-10,12H2,(H,26,33)/t14-,17-,20-,21-,25-/m0/s1. The Hall–Kier alpha value is -3.43. The smallest absolute Gasteiger partial charge is 0.250 e. The monoisotopic (exact) mass is 463 g/mol. The quantitative estimate of drug-likeness (QED) is 0.397. The van der Waals surface area contributed by atoms with Crippen molar-refractivity contribution in [1.82, 2.24) is 10.2 Å². The van der Waals surface area contributed by atoms with Gasteiger partial charge in [0, 0.05) is 23.9 Å². The molecule has 2 aromatic carbocycles. The second-order valence-electron chi connectivity index (χ2n) is 9.51. The minimum absolute atomic E-state index is 0.187. The number of phenols is 2. The van der Waals surface area contributed by atoms with E-state index in [0.29, 0.717) is 29.8 Å². The molecule has 3 fully saturated rings. The number of hydrogen-bond donors (Lipinski definition) is 4. The van der Waals surface area contributed by atoms with Crippen LogP contribution in [-0.2, 0) is 31.1 Å². The van der Waals surface area contributed by atoms with Gasteiger partial charge in [0.1, 0.15) is 5.54 Å². The lowest BCUT2D eigenvalue weighted by molar-refractivity contribution is -0.144. The number of para-hydroxylation sites is 1. The highest BCUT2D eigenvalue weighted by Gasteiger charge is 2.70. The third kappa shape index (κ3) is 2.90. The van der Waals surface area contributed by atoms with Crippen LogP contribution in [0, 0.1) is 11.8 Å². The zero-order valence-electron chi connectivity index (χ0n) is 18.4. The lowest BCUT2D eigenvalue weighted by Gasteiger charge is -2.30. The first-order chi connectivity index (χ1) is 16.4. The maximum atomic E-state index is 13.8. The van der Waals surface area contributed by atoms with Gasteiger partial charge < -0.3 is 20.3 Å². The van der Waals surface area contributed by atoms with E-state index in [0.717, 1.165) is 12.8 Å². The van der Waals surface area contributed by atoms with Gasteiger partial charge in [-0.3, -0.25) is 24.6 Å². The summed E-state index contributed by atoms with van der Waals surface area (Å²) >= 11 is 0. The van der Waals surface area contributed by atoms with E-state index in [2.05, 4.69) is 10.6 Å². The number of hydrogen-bond acceptors (Lipinski definition) is 7. The average Bonchev–Trinajstić information content (AvgIpc) is 3.56. The van der Waals surface area contributed by atoms with Crippen LogP contribution in [0.3, 0.4) is 0 Å². The van der Waals surface area contributed by atoms with E-state index in [1.165, 1.54) is 17.0 Å². The number of fused-ring (bicyclic) bond motifs is 4. The van der Waals surface area contributed by atoms with Gasteiger partial charge in [-0.05, 0) is 43.0 Å². The number of likely N-dealkylation sites (tertiary alicyclic amines) is 1. The Morgan fingerprint density at radius 2 is 1.88 bits per heavy atom. The molecular formula is C25H25N3O6. The summed E-state index contributed by atoms with van der Waals surface area (Å²) in [6.07, 6.45) is 1.78. The molecule has 0 aliphatic carbocycles. The minimum atomic E-state index is -1.36. The summed E-state index contributed by atoms with van der Waals surface area (Å²) < 4.78 is 5.68. The fraction of sp³-hybridized carbons (Fsp3) is 0.400. The van der Waals surface area contributed by atoms with Gasteiger partial charge in [0.25, 0.3) is 0 Å². The minimum Gasteiger partial charge on any atom is -0.504 e. The van der Waals surface area contributed by atoms with Gasteiger partial charge in [-0.15, -0.1) is 0 Å². The van der Waals surface area contributed by atoms with Crippen molar-refractivity contribution in [3.8, 4) is 11.5 Å². The molecule has 6 rings (SSSR count). The zero-order valence-corrected chi connectivity index (χ0v) is 18.4. The number of imide groups is 1. The van der Waals surface area contributed by atoms with Gasteiger partial charge in [-0.2, -0.15) is 0 Å². The van der Waals surface area contributed by atoms with E-state index in [-0.39, 0.29) is 41.9 Å². The molecule has 4 aliphatic heterocycles. The number of benzene rings is 2. The van der Waals surface area contributed by atoms with Crippen LogP contribution in [0.1, 0.15) is 24.0 Å². The van der Waals surface area contributed by atoms with E-state index in [1.807, 2.05) is 18.2 Å². The van der Waals surface area contributed by atoms with Crippen molar-refractivity contribution in [2.24, 2.45) is 11.8 Å². The molecule has 0 unspecified atom stereocenters. The number of ether oxygens (including phenoxy) is 1. The average molecular weight is 463 g/mol. The van der Waals surface area contributed by atoms with Crippen molar-refractivity contribution in [1.29, 1.82) is 0 Å². The van der Waals surface area contributed by atoms with Crippen LogP contribution < -0.4 is 10.6 Å². The molecule has 3 saturated heterocycles. The van der Waals surface area contributed by atoms with Crippen molar-refractivity contribution < 1.29 is 29.3 Å². The molecule has 34 heavy (non-hydrogen) atoms. The van der Waals surface area contributed by atoms with Crippen molar-refractivity contribution in [3.05, 3.63) is 53.6 Å². The normalized spacial score (nSPS) is 31.9. The Bertz CT molecular complexity index is 1210. The summed E-state index contributed by atoms with van der Waals surface area (Å²) in [6, 6.07) is 11.2. The predicted molar refractivity (Wildman–Crippen MR) is 120 cm³/mol. The van der Waals surface area contributed by atoms with E-state index >= 15 is 0 Å². The second kappa shape index (κ2) is 7.54. The Morgan fingerprint density at radius 3 is 2.65 bits per heavy atom. The maximum absolute atomic E-state index is 13.8. The topological polar surface area (TPSA) is 128 Å². The number of amides is 3. The molecule has 0 radical (unpaired) electrons. The number of phenolic OH excluding ortho intramolecular Hbond substituents is 2. The highest BCUT2D eigenvalue weighted by molar-refractivity contribution is 6.15. The van der Waals surface area contributed by atoms with Crippen molar-refractivity contribution in [2.75, 3.05) is 18.5 Å². The van der Waals surface area contributed by atoms with Gasteiger partial charge in [0.05, 0.1) is 24.5 Å². The van der Waals surface area contributed by atoms with E-state index < -0.39 is 23.4 Å². The number of nitrogens with zero attached hydrogens (tertiary/aromatic N) is 1. The summed E-state index contributed by atoms with van der Waals surface area (Å²) in [5, 5.41) is 25.9. The molecule has 0 bridgehead atoms. The predicted octanol–water partition coefficient (Wildman–Crippen LogP) is 1.24. The number of rotatable bonds is 4. The molecule has 4 aliphatic rings. The van der Waals surface area contributed by atoms with E-state index in [1.54, 1.807) is 12.1 Å². The molecular weight excluding hydrogens is 438 g/mol. The van der Waals surface area contributed by atoms with Gasteiger partial charge in [-0.1, -0.05) is 24.3 Å². The van der Waals surface area contributed by atoms with Gasteiger partial charge >= 0.3 is 0 Å². The maximum Gasteiger partial charge on any atom is 0.250 e. The molecule has 2 aromatic rings. The van der Waals surface area contributed by atoms with Crippen LogP contribution >= 0.6 is 0 Å². The van der Waals surface area contributed by atoms with Crippen LogP contribution in [0.15, 0.2) is 42.5 Å².